The summed E-state index contributed by atoms with van der Waals surface area (Å²) < 4.78 is 0. The van der Waals surface area contributed by atoms with Crippen molar-refractivity contribution < 1.29 is 0 Å². The molecule has 1 heterocycles. The second-order valence-electron chi connectivity index (χ2n) is 5.24. The molecule has 1 saturated carbocycles. The van der Waals surface area contributed by atoms with Crippen LogP contribution >= 0.6 is 0 Å². The number of anilines is 2. The maximum Gasteiger partial charge on any atom is 0.224 e. The molecule has 0 spiro atoms. The van der Waals surface area contributed by atoms with E-state index in [0.29, 0.717) is 23.2 Å². The van der Waals surface area contributed by atoms with Crippen molar-refractivity contribution in [1.82, 2.24) is 9.97 Å². The largest absolute Gasteiger partial charge is 0.384 e. The quantitative estimate of drug-likeness (QED) is 0.803. The van der Waals surface area contributed by atoms with Crippen molar-refractivity contribution in [2.24, 2.45) is 5.41 Å². The minimum atomic E-state index is 0.312. The van der Waals surface area contributed by atoms with Gasteiger partial charge in [-0.15, -0.1) is 0 Å². The molecule has 0 aromatic carbocycles. The molecule has 0 amide bonds. The zero-order valence-electron chi connectivity index (χ0n) is 10.0. The average molecular weight is 220 g/mol. The first-order chi connectivity index (χ1) is 7.58. The Morgan fingerprint density at radius 1 is 1.44 bits per heavy atom. The number of hydrogen-bond acceptors (Lipinski definition) is 4. The first-order valence-corrected chi connectivity index (χ1v) is 5.93. The van der Waals surface area contributed by atoms with Gasteiger partial charge in [0.15, 0.2) is 0 Å². The Morgan fingerprint density at radius 2 is 2.25 bits per heavy atom. The fourth-order valence-corrected chi connectivity index (χ4v) is 2.36. The number of nitrogens with zero attached hydrogens (tertiary/aromatic N) is 2. The van der Waals surface area contributed by atoms with E-state index in [2.05, 4.69) is 29.1 Å². The number of nitrogens with two attached hydrogens (primary N) is 1. The van der Waals surface area contributed by atoms with Gasteiger partial charge in [0.1, 0.15) is 5.82 Å². The molecule has 1 aromatic rings. The van der Waals surface area contributed by atoms with Gasteiger partial charge in [0.05, 0.1) is 0 Å². The van der Waals surface area contributed by atoms with Crippen LogP contribution in [0.25, 0.3) is 0 Å². The van der Waals surface area contributed by atoms with Crippen molar-refractivity contribution in [2.75, 3.05) is 11.1 Å². The highest BCUT2D eigenvalue weighted by atomic mass is 15.1. The summed E-state index contributed by atoms with van der Waals surface area (Å²) in [7, 11) is 0. The number of rotatable bonds is 2. The summed E-state index contributed by atoms with van der Waals surface area (Å²) >= 11 is 0. The molecule has 4 heteroatoms. The molecule has 4 nitrogen and oxygen atoms in total. The lowest BCUT2D eigenvalue weighted by molar-refractivity contribution is 0.216. The maximum atomic E-state index is 5.64. The molecule has 2 rings (SSSR count). The van der Waals surface area contributed by atoms with E-state index >= 15 is 0 Å². The Labute approximate surface area is 96.7 Å². The topological polar surface area (TPSA) is 63.8 Å². The average Bonchev–Trinajstić information content (AvgIpc) is 2.21. The number of nitrogens with one attached hydrogen (secondary N) is 1. The Hall–Kier alpha value is -1.32. The van der Waals surface area contributed by atoms with E-state index in [0.717, 1.165) is 0 Å². The Morgan fingerprint density at radius 3 is 2.94 bits per heavy atom. The van der Waals surface area contributed by atoms with Crippen LogP contribution in [0.1, 0.15) is 39.5 Å². The van der Waals surface area contributed by atoms with E-state index in [4.69, 9.17) is 5.73 Å². The molecule has 0 radical (unpaired) electrons. The number of aromatic nitrogens is 2. The predicted molar refractivity (Wildman–Crippen MR) is 66.1 cm³/mol. The minimum absolute atomic E-state index is 0.312. The van der Waals surface area contributed by atoms with Crippen LogP contribution in [0.4, 0.5) is 11.8 Å². The summed E-state index contributed by atoms with van der Waals surface area (Å²) in [6, 6.07) is 2.15. The summed E-state index contributed by atoms with van der Waals surface area (Å²) in [6.45, 7) is 4.60. The third kappa shape index (κ3) is 2.43. The Kier molecular flexibility index (Phi) is 2.99. The molecular formula is C12H20N4. The normalized spacial score (nSPS) is 24.0. The molecule has 0 aliphatic heterocycles. The van der Waals surface area contributed by atoms with Gasteiger partial charge in [-0.1, -0.05) is 26.7 Å². The third-order valence-electron chi connectivity index (χ3n) is 3.49. The molecule has 0 bridgehead atoms. The fraction of sp³-hybridized carbons (Fsp3) is 0.667. The molecule has 88 valence electrons. The zero-order chi connectivity index (χ0) is 11.6. The van der Waals surface area contributed by atoms with Crippen LogP contribution < -0.4 is 11.1 Å². The van der Waals surface area contributed by atoms with Crippen LogP contribution in [0.5, 0.6) is 0 Å². The van der Waals surface area contributed by atoms with E-state index < -0.39 is 0 Å². The van der Waals surface area contributed by atoms with Crippen LogP contribution in [0, 0.1) is 5.41 Å². The van der Waals surface area contributed by atoms with Crippen molar-refractivity contribution in [3.63, 3.8) is 0 Å². The van der Waals surface area contributed by atoms with Gasteiger partial charge in [-0.2, -0.15) is 4.98 Å². The molecular weight excluding hydrogens is 200 g/mol. The Balaban J connectivity index is 2.08. The van der Waals surface area contributed by atoms with Gasteiger partial charge in [0.2, 0.25) is 5.95 Å². The molecule has 16 heavy (non-hydrogen) atoms. The van der Waals surface area contributed by atoms with Gasteiger partial charge < -0.3 is 11.1 Å². The highest BCUT2D eigenvalue weighted by Crippen LogP contribution is 2.36. The summed E-state index contributed by atoms with van der Waals surface area (Å²) in [5.41, 5.74) is 5.95. The van der Waals surface area contributed by atoms with Crippen molar-refractivity contribution >= 4 is 11.8 Å². The van der Waals surface area contributed by atoms with Gasteiger partial charge in [0.25, 0.3) is 0 Å². The summed E-state index contributed by atoms with van der Waals surface area (Å²) in [5.74, 6) is 1.17. The van der Waals surface area contributed by atoms with Crippen LogP contribution in [0.15, 0.2) is 12.3 Å². The lowest BCUT2D eigenvalue weighted by atomic mass is 9.73. The molecule has 1 aromatic heterocycles. The van der Waals surface area contributed by atoms with E-state index in [1.807, 2.05) is 0 Å². The standard InChI is InChI=1S/C12H20N4/c1-12(2)7-4-3-5-9(12)15-11-14-8-6-10(13)16-11/h6,8-9H,3-5,7H2,1-2H3,(H3,13,14,15,16). The van der Waals surface area contributed by atoms with Crippen molar-refractivity contribution in [3.05, 3.63) is 12.3 Å². The van der Waals surface area contributed by atoms with Gasteiger partial charge in [0, 0.05) is 12.2 Å². The first kappa shape index (κ1) is 11.2. The van der Waals surface area contributed by atoms with Crippen molar-refractivity contribution in [2.45, 2.75) is 45.6 Å². The lowest BCUT2D eigenvalue weighted by Crippen LogP contribution is -2.39. The van der Waals surface area contributed by atoms with Gasteiger partial charge in [-0.05, 0) is 24.3 Å². The SMILES string of the molecule is CC1(C)CCCCC1Nc1nccc(N)n1. The third-order valence-corrected chi connectivity index (χ3v) is 3.49. The summed E-state index contributed by atoms with van der Waals surface area (Å²) in [5, 5.41) is 3.41. The Bertz CT molecular complexity index is 362. The van der Waals surface area contributed by atoms with Crippen molar-refractivity contribution in [3.8, 4) is 0 Å². The minimum Gasteiger partial charge on any atom is -0.384 e. The molecule has 3 N–H and O–H groups in total. The molecule has 1 fully saturated rings. The molecule has 1 aliphatic carbocycles. The molecule has 1 atom stereocenters. The monoisotopic (exact) mass is 220 g/mol. The number of hydrogen-bond donors (Lipinski definition) is 2. The fourth-order valence-electron chi connectivity index (χ4n) is 2.36. The maximum absolute atomic E-state index is 5.64. The highest BCUT2D eigenvalue weighted by Gasteiger charge is 2.32. The van der Waals surface area contributed by atoms with E-state index in [1.165, 1.54) is 25.7 Å². The molecule has 1 unspecified atom stereocenters. The van der Waals surface area contributed by atoms with Gasteiger partial charge in [-0.25, -0.2) is 4.98 Å². The van der Waals surface area contributed by atoms with Gasteiger partial charge >= 0.3 is 0 Å². The summed E-state index contributed by atoms with van der Waals surface area (Å²) in [4.78, 5) is 8.39. The smallest absolute Gasteiger partial charge is 0.224 e. The molecule has 1 aliphatic rings. The highest BCUT2D eigenvalue weighted by molar-refractivity contribution is 5.36. The number of nitrogen functional groups attached to an aromatic ring is 1. The second kappa shape index (κ2) is 4.28. The predicted octanol–water partition coefficient (Wildman–Crippen LogP) is 2.44. The first-order valence-electron chi connectivity index (χ1n) is 5.93. The van der Waals surface area contributed by atoms with Crippen LogP contribution in [0.2, 0.25) is 0 Å². The molecule has 0 saturated heterocycles. The summed E-state index contributed by atoms with van der Waals surface area (Å²) in [6.07, 6.45) is 6.74. The van der Waals surface area contributed by atoms with Crippen molar-refractivity contribution in [1.29, 1.82) is 0 Å². The van der Waals surface area contributed by atoms with Crippen LogP contribution in [-0.4, -0.2) is 16.0 Å². The zero-order valence-corrected chi connectivity index (χ0v) is 10.0. The lowest BCUT2D eigenvalue weighted by Gasteiger charge is -2.39. The second-order valence-corrected chi connectivity index (χ2v) is 5.24. The van der Waals surface area contributed by atoms with E-state index in [9.17, 15) is 0 Å². The van der Waals surface area contributed by atoms with E-state index in [-0.39, 0.29) is 0 Å². The van der Waals surface area contributed by atoms with E-state index in [1.54, 1.807) is 12.3 Å². The van der Waals surface area contributed by atoms with Gasteiger partial charge in [-0.3, -0.25) is 0 Å². The van der Waals surface area contributed by atoms with Crippen LogP contribution in [-0.2, 0) is 0 Å². The van der Waals surface area contributed by atoms with Crippen LogP contribution in [0.3, 0.4) is 0 Å².